The molecule has 1 saturated heterocycles. The lowest BCUT2D eigenvalue weighted by molar-refractivity contribution is -0.388. The van der Waals surface area contributed by atoms with Crippen LogP contribution in [0.15, 0.2) is 48.5 Å². The predicted octanol–water partition coefficient (Wildman–Crippen LogP) is 4.70. The van der Waals surface area contributed by atoms with E-state index in [0.29, 0.717) is 38.8 Å². The molecular formula is C25H29F3N4O4. The standard InChI is InChI=1S/C25H29F3N4O4/c26-25(27,28)22-16-19(8-11-23(22)32(34)35)29-18-6-9-21(10-7-18)36-17-24(33)31-14-12-30(13-15-31)20-4-2-1-3-5-20/h1-5,8,11,16,18,21,29H,6-7,9-10,12-15,17H2/t18-,21-. The van der Waals surface area contributed by atoms with Crippen LogP contribution in [0.5, 0.6) is 0 Å². The van der Waals surface area contributed by atoms with Crippen molar-refractivity contribution in [1.82, 2.24) is 4.90 Å². The Morgan fingerprint density at radius 3 is 2.31 bits per heavy atom. The first-order valence-corrected chi connectivity index (χ1v) is 12.0. The highest BCUT2D eigenvalue weighted by Crippen LogP contribution is 2.38. The molecule has 0 unspecified atom stereocenters. The molecule has 2 fully saturated rings. The van der Waals surface area contributed by atoms with Crippen LogP contribution in [-0.2, 0) is 15.7 Å². The largest absolute Gasteiger partial charge is 0.423 e. The number of hydrogen-bond donors (Lipinski definition) is 1. The van der Waals surface area contributed by atoms with Crippen LogP contribution in [0.1, 0.15) is 31.2 Å². The zero-order valence-electron chi connectivity index (χ0n) is 19.7. The quantitative estimate of drug-likeness (QED) is 0.433. The number of carbonyl (C=O) groups excluding carboxylic acids is 1. The van der Waals surface area contributed by atoms with Crippen LogP contribution < -0.4 is 10.2 Å². The molecule has 0 atom stereocenters. The first kappa shape index (κ1) is 25.7. The lowest BCUT2D eigenvalue weighted by Gasteiger charge is -2.36. The first-order valence-electron chi connectivity index (χ1n) is 12.0. The average Bonchev–Trinajstić information content (AvgIpc) is 2.88. The summed E-state index contributed by atoms with van der Waals surface area (Å²) in [6, 6.07) is 13.0. The van der Waals surface area contributed by atoms with Gasteiger partial charge < -0.3 is 19.9 Å². The van der Waals surface area contributed by atoms with Crippen LogP contribution in [-0.4, -0.2) is 60.7 Å². The van der Waals surface area contributed by atoms with E-state index < -0.39 is 22.4 Å². The van der Waals surface area contributed by atoms with Gasteiger partial charge in [0, 0.05) is 49.7 Å². The van der Waals surface area contributed by atoms with Gasteiger partial charge in [0.25, 0.3) is 5.69 Å². The summed E-state index contributed by atoms with van der Waals surface area (Å²) in [6.45, 7) is 2.84. The molecule has 2 aromatic rings. The molecule has 0 spiro atoms. The van der Waals surface area contributed by atoms with Crippen molar-refractivity contribution >= 4 is 23.0 Å². The normalized spacial score (nSPS) is 20.8. The Labute approximate surface area is 207 Å². The molecule has 0 bridgehead atoms. The smallest absolute Gasteiger partial charge is 0.382 e. The van der Waals surface area contributed by atoms with Gasteiger partial charge in [0.05, 0.1) is 11.0 Å². The first-order chi connectivity index (χ1) is 17.2. The van der Waals surface area contributed by atoms with Crippen LogP contribution in [0.25, 0.3) is 0 Å². The van der Waals surface area contributed by atoms with E-state index in [1.807, 2.05) is 23.1 Å². The number of nitrogens with one attached hydrogen (secondary N) is 1. The highest BCUT2D eigenvalue weighted by Gasteiger charge is 2.38. The molecule has 11 heteroatoms. The summed E-state index contributed by atoms with van der Waals surface area (Å²) in [5.41, 5.74) is -0.884. The van der Waals surface area contributed by atoms with Crippen molar-refractivity contribution in [2.45, 2.75) is 44.0 Å². The number of piperazine rings is 1. The maximum atomic E-state index is 13.2. The van der Waals surface area contributed by atoms with Crippen LogP contribution in [0.3, 0.4) is 0 Å². The third kappa shape index (κ3) is 6.45. The summed E-state index contributed by atoms with van der Waals surface area (Å²) in [5, 5.41) is 14.0. The van der Waals surface area contributed by atoms with Gasteiger partial charge in [0.2, 0.25) is 5.91 Å². The molecular weight excluding hydrogens is 477 g/mol. The Bertz CT molecular complexity index is 1050. The summed E-state index contributed by atoms with van der Waals surface area (Å²) in [7, 11) is 0. The number of alkyl halides is 3. The zero-order chi connectivity index (χ0) is 25.7. The molecule has 0 radical (unpaired) electrons. The van der Waals surface area contributed by atoms with Crippen LogP contribution in [0.2, 0.25) is 0 Å². The summed E-state index contributed by atoms with van der Waals surface area (Å²) in [4.78, 5) is 26.6. The minimum atomic E-state index is -4.81. The number of hydrogen-bond acceptors (Lipinski definition) is 6. The van der Waals surface area contributed by atoms with Gasteiger partial charge in [-0.2, -0.15) is 13.2 Å². The number of carbonyl (C=O) groups is 1. The molecule has 2 aromatic carbocycles. The van der Waals surface area contributed by atoms with E-state index in [4.69, 9.17) is 4.74 Å². The number of amides is 1. The van der Waals surface area contributed by atoms with Gasteiger partial charge in [0.1, 0.15) is 12.2 Å². The van der Waals surface area contributed by atoms with E-state index in [0.717, 1.165) is 30.9 Å². The summed E-state index contributed by atoms with van der Waals surface area (Å²) in [5.74, 6) is -0.0338. The number of ether oxygens (including phenoxy) is 1. The predicted molar refractivity (Wildman–Crippen MR) is 129 cm³/mol. The fourth-order valence-electron chi connectivity index (χ4n) is 4.75. The molecule has 4 rings (SSSR count). The second kappa shape index (κ2) is 11.2. The van der Waals surface area contributed by atoms with E-state index in [-0.39, 0.29) is 30.3 Å². The molecule has 194 valence electrons. The third-order valence-corrected chi connectivity index (χ3v) is 6.74. The molecule has 8 nitrogen and oxygen atoms in total. The number of rotatable bonds is 7. The van der Waals surface area contributed by atoms with Gasteiger partial charge >= 0.3 is 6.18 Å². The Morgan fingerprint density at radius 1 is 1.03 bits per heavy atom. The van der Waals surface area contributed by atoms with Crippen molar-refractivity contribution in [3.63, 3.8) is 0 Å². The van der Waals surface area contributed by atoms with Crippen LogP contribution in [0, 0.1) is 10.1 Å². The second-order valence-electron chi connectivity index (χ2n) is 9.12. The van der Waals surface area contributed by atoms with Crippen molar-refractivity contribution in [3.8, 4) is 0 Å². The minimum Gasteiger partial charge on any atom is -0.382 e. The molecule has 1 aliphatic heterocycles. The number of para-hydroxylation sites is 1. The fourth-order valence-corrected chi connectivity index (χ4v) is 4.75. The Balaban J connectivity index is 1.20. The third-order valence-electron chi connectivity index (χ3n) is 6.74. The van der Waals surface area contributed by atoms with Gasteiger partial charge in [0.15, 0.2) is 0 Å². The molecule has 1 heterocycles. The highest BCUT2D eigenvalue weighted by molar-refractivity contribution is 5.77. The van der Waals surface area contributed by atoms with E-state index in [1.165, 1.54) is 6.07 Å². The summed E-state index contributed by atoms with van der Waals surface area (Å²) < 4.78 is 45.5. The second-order valence-corrected chi connectivity index (χ2v) is 9.12. The van der Waals surface area contributed by atoms with Gasteiger partial charge in [-0.25, -0.2) is 0 Å². The molecule has 0 aromatic heterocycles. The molecule has 1 aliphatic carbocycles. The van der Waals surface area contributed by atoms with Crippen molar-refractivity contribution in [2.75, 3.05) is 43.0 Å². The van der Waals surface area contributed by atoms with Crippen molar-refractivity contribution in [1.29, 1.82) is 0 Å². The molecule has 1 amide bonds. The van der Waals surface area contributed by atoms with Gasteiger partial charge in [-0.15, -0.1) is 0 Å². The lowest BCUT2D eigenvalue weighted by atomic mass is 9.92. The minimum absolute atomic E-state index is 0.0192. The van der Waals surface area contributed by atoms with E-state index in [9.17, 15) is 28.1 Å². The van der Waals surface area contributed by atoms with Crippen molar-refractivity contribution in [2.24, 2.45) is 0 Å². The summed E-state index contributed by atoms with van der Waals surface area (Å²) >= 11 is 0. The molecule has 1 saturated carbocycles. The lowest BCUT2D eigenvalue weighted by Crippen LogP contribution is -2.50. The van der Waals surface area contributed by atoms with Crippen LogP contribution >= 0.6 is 0 Å². The Kier molecular flexibility index (Phi) is 7.97. The van der Waals surface area contributed by atoms with E-state index in [2.05, 4.69) is 22.3 Å². The van der Waals surface area contributed by atoms with Gasteiger partial charge in [-0.3, -0.25) is 14.9 Å². The molecule has 1 N–H and O–H groups in total. The van der Waals surface area contributed by atoms with E-state index in [1.54, 1.807) is 0 Å². The molecule has 36 heavy (non-hydrogen) atoms. The molecule has 2 aliphatic rings. The number of benzene rings is 2. The van der Waals surface area contributed by atoms with Crippen molar-refractivity contribution in [3.05, 3.63) is 64.2 Å². The maximum Gasteiger partial charge on any atom is 0.423 e. The maximum absolute atomic E-state index is 13.2. The van der Waals surface area contributed by atoms with Gasteiger partial charge in [-0.1, -0.05) is 18.2 Å². The van der Waals surface area contributed by atoms with Gasteiger partial charge in [-0.05, 0) is 49.9 Å². The topological polar surface area (TPSA) is 87.9 Å². The number of nitro benzene ring substituents is 1. The number of anilines is 2. The van der Waals surface area contributed by atoms with Crippen LogP contribution in [0.4, 0.5) is 30.2 Å². The highest BCUT2D eigenvalue weighted by atomic mass is 19.4. The number of halogens is 3. The zero-order valence-corrected chi connectivity index (χ0v) is 19.7. The monoisotopic (exact) mass is 506 g/mol. The SMILES string of the molecule is O=C(CO[C@H]1CC[C@H](Nc2ccc([N+](=O)[O-])c(C(F)(F)F)c2)CC1)N1CCN(c2ccccc2)CC1. The number of nitrogens with zero attached hydrogens (tertiary/aromatic N) is 3. The van der Waals surface area contributed by atoms with Crippen molar-refractivity contribution < 1.29 is 27.6 Å². The Hall–Kier alpha value is -3.34. The fraction of sp³-hybridized carbons (Fsp3) is 0.480. The average molecular weight is 507 g/mol. The Morgan fingerprint density at radius 2 is 1.69 bits per heavy atom. The van der Waals surface area contributed by atoms with E-state index >= 15 is 0 Å². The summed E-state index contributed by atoms with van der Waals surface area (Å²) in [6.07, 6.45) is -2.23. The number of nitro groups is 1.